The molecular weight excluding hydrogens is 336 g/mol. The highest BCUT2D eigenvalue weighted by Crippen LogP contribution is 2.45. The Morgan fingerprint density at radius 3 is 2.92 bits per heavy atom. The Balaban J connectivity index is 2.15. The van der Waals surface area contributed by atoms with Crippen LogP contribution in [0.5, 0.6) is 11.6 Å². The highest BCUT2D eigenvalue weighted by molar-refractivity contribution is 5.73. The van der Waals surface area contributed by atoms with Crippen LogP contribution in [0.3, 0.4) is 0 Å². The number of carbonyl (C=O) groups excluding carboxylic acids is 1. The molecule has 0 saturated heterocycles. The average Bonchev–Trinajstić information content (AvgIpc) is 3.02. The molecule has 0 fully saturated rings. The van der Waals surface area contributed by atoms with Gasteiger partial charge in [-0.2, -0.15) is 5.26 Å². The molecule has 134 valence electrons. The molecule has 0 radical (unpaired) electrons. The van der Waals surface area contributed by atoms with Crippen LogP contribution in [0.15, 0.2) is 35.7 Å². The van der Waals surface area contributed by atoms with Gasteiger partial charge in [-0.3, -0.25) is 9.89 Å². The number of aromatic amines is 1. The molecule has 0 bridgehead atoms. The summed E-state index contributed by atoms with van der Waals surface area (Å²) in [6.45, 7) is 2.01. The lowest BCUT2D eigenvalue weighted by molar-refractivity contribution is -0.142. The van der Waals surface area contributed by atoms with Crippen molar-refractivity contribution in [2.24, 2.45) is 5.73 Å². The molecule has 3 N–H and O–H groups in total. The average molecular weight is 354 g/mol. The summed E-state index contributed by atoms with van der Waals surface area (Å²) in [5.74, 6) is -0.169. The molecule has 0 aliphatic carbocycles. The standard InChI is InChI=1S/C18H18N4O4/c1-3-25-14(23)8-12-16-15(10-6-4-5-7-13(10)24-2)11(9-19)17(20)26-18(16)22-21-12/h4-7,15H,3,8,20H2,1-2H3,(H,21,22). The molecule has 3 rings (SSSR count). The van der Waals surface area contributed by atoms with E-state index in [1.165, 1.54) is 0 Å². The van der Waals surface area contributed by atoms with Gasteiger partial charge in [0.15, 0.2) is 0 Å². The summed E-state index contributed by atoms with van der Waals surface area (Å²) >= 11 is 0. The van der Waals surface area contributed by atoms with Crippen molar-refractivity contribution in [2.75, 3.05) is 13.7 Å². The number of para-hydroxylation sites is 1. The Kier molecular flexibility index (Phi) is 4.80. The third kappa shape index (κ3) is 2.95. The first-order valence-corrected chi connectivity index (χ1v) is 8.03. The molecule has 1 unspecified atom stereocenters. The van der Waals surface area contributed by atoms with Gasteiger partial charge in [-0.25, -0.2) is 0 Å². The topological polar surface area (TPSA) is 123 Å². The Labute approximate surface area is 150 Å². The fourth-order valence-electron chi connectivity index (χ4n) is 3.02. The van der Waals surface area contributed by atoms with Crippen molar-refractivity contribution in [3.05, 3.63) is 52.5 Å². The predicted molar refractivity (Wildman–Crippen MR) is 91.2 cm³/mol. The van der Waals surface area contributed by atoms with Crippen molar-refractivity contribution >= 4 is 5.97 Å². The molecule has 1 aromatic carbocycles. The third-order valence-electron chi connectivity index (χ3n) is 4.09. The van der Waals surface area contributed by atoms with Gasteiger partial charge in [0.05, 0.1) is 37.3 Å². The third-order valence-corrected chi connectivity index (χ3v) is 4.09. The van der Waals surface area contributed by atoms with Gasteiger partial charge in [-0.15, -0.1) is 5.10 Å². The van der Waals surface area contributed by atoms with Gasteiger partial charge in [0.25, 0.3) is 0 Å². The molecular formula is C18H18N4O4. The molecule has 2 heterocycles. The van der Waals surface area contributed by atoms with Crippen LogP contribution < -0.4 is 15.2 Å². The number of hydrogen-bond acceptors (Lipinski definition) is 7. The van der Waals surface area contributed by atoms with Crippen LogP contribution in [-0.2, 0) is 16.0 Å². The van der Waals surface area contributed by atoms with Gasteiger partial charge >= 0.3 is 5.97 Å². The number of nitrogens with one attached hydrogen (secondary N) is 1. The van der Waals surface area contributed by atoms with Crippen LogP contribution in [0.25, 0.3) is 0 Å². The summed E-state index contributed by atoms with van der Waals surface area (Å²) in [5, 5.41) is 16.5. The van der Waals surface area contributed by atoms with Gasteiger partial charge in [-0.1, -0.05) is 18.2 Å². The van der Waals surface area contributed by atoms with Crippen LogP contribution >= 0.6 is 0 Å². The summed E-state index contributed by atoms with van der Waals surface area (Å²) in [6.07, 6.45) is -0.0240. The number of benzene rings is 1. The maximum absolute atomic E-state index is 11.9. The molecule has 0 saturated carbocycles. The Morgan fingerprint density at radius 2 is 2.23 bits per heavy atom. The lowest BCUT2D eigenvalue weighted by Gasteiger charge is -2.25. The molecule has 1 atom stereocenters. The predicted octanol–water partition coefficient (Wildman–Crippen LogP) is 1.74. The number of carbonyl (C=O) groups is 1. The summed E-state index contributed by atoms with van der Waals surface area (Å²) in [5.41, 5.74) is 7.97. The minimum Gasteiger partial charge on any atom is -0.496 e. The zero-order chi connectivity index (χ0) is 18.7. The number of fused-ring (bicyclic) bond motifs is 1. The lowest BCUT2D eigenvalue weighted by atomic mass is 9.83. The highest BCUT2D eigenvalue weighted by atomic mass is 16.5. The number of ether oxygens (including phenoxy) is 3. The molecule has 0 amide bonds. The maximum Gasteiger partial charge on any atom is 0.311 e. The minimum absolute atomic E-state index is 0.0231. The number of nitriles is 1. The van der Waals surface area contributed by atoms with Crippen LogP contribution in [-0.4, -0.2) is 29.9 Å². The second-order valence-corrected chi connectivity index (χ2v) is 5.57. The molecule has 0 spiro atoms. The van der Waals surface area contributed by atoms with Crippen LogP contribution in [0.1, 0.15) is 29.7 Å². The van der Waals surface area contributed by atoms with Crippen molar-refractivity contribution in [2.45, 2.75) is 19.3 Å². The Bertz CT molecular complexity index is 910. The van der Waals surface area contributed by atoms with Crippen molar-refractivity contribution < 1.29 is 19.0 Å². The molecule has 8 heteroatoms. The second-order valence-electron chi connectivity index (χ2n) is 5.57. The van der Waals surface area contributed by atoms with Crippen molar-refractivity contribution in [1.82, 2.24) is 10.2 Å². The summed E-state index contributed by atoms with van der Waals surface area (Å²) in [7, 11) is 1.55. The Morgan fingerprint density at radius 1 is 1.46 bits per heavy atom. The number of nitrogens with two attached hydrogens (primary N) is 1. The molecule has 1 aliphatic heterocycles. The number of nitrogens with zero attached hydrogens (tertiary/aromatic N) is 2. The SMILES string of the molecule is CCOC(=O)Cc1[nH]nc2c1C(c1ccccc1OC)C(C#N)=C(N)O2. The number of allylic oxidation sites excluding steroid dienone is 1. The fraction of sp³-hybridized carbons (Fsp3) is 0.278. The fourth-order valence-corrected chi connectivity index (χ4v) is 3.02. The summed E-state index contributed by atoms with van der Waals surface area (Å²) in [6, 6.07) is 9.40. The van der Waals surface area contributed by atoms with E-state index >= 15 is 0 Å². The van der Waals surface area contributed by atoms with Crippen LogP contribution in [0, 0.1) is 11.3 Å². The van der Waals surface area contributed by atoms with Crippen LogP contribution in [0.2, 0.25) is 0 Å². The number of rotatable bonds is 5. The van der Waals surface area contributed by atoms with E-state index in [9.17, 15) is 10.1 Å². The normalized spacial score (nSPS) is 15.7. The van der Waals surface area contributed by atoms with E-state index < -0.39 is 11.9 Å². The minimum atomic E-state index is -0.567. The van der Waals surface area contributed by atoms with E-state index in [2.05, 4.69) is 16.3 Å². The molecule has 2 aromatic rings. The van der Waals surface area contributed by atoms with E-state index in [0.717, 1.165) is 5.56 Å². The Hall–Kier alpha value is -3.47. The number of methoxy groups -OCH3 is 1. The first-order chi connectivity index (χ1) is 12.6. The van der Waals surface area contributed by atoms with Crippen molar-refractivity contribution in [1.29, 1.82) is 5.26 Å². The van der Waals surface area contributed by atoms with E-state index in [1.807, 2.05) is 18.2 Å². The van der Waals surface area contributed by atoms with E-state index in [4.69, 9.17) is 19.9 Å². The first-order valence-electron chi connectivity index (χ1n) is 8.03. The smallest absolute Gasteiger partial charge is 0.311 e. The van der Waals surface area contributed by atoms with Gasteiger partial charge in [-0.05, 0) is 13.0 Å². The summed E-state index contributed by atoms with van der Waals surface area (Å²) < 4.78 is 15.9. The molecule has 1 aliphatic rings. The van der Waals surface area contributed by atoms with Crippen molar-refractivity contribution in [3.8, 4) is 17.7 Å². The van der Waals surface area contributed by atoms with Crippen LogP contribution in [0.4, 0.5) is 0 Å². The quantitative estimate of drug-likeness (QED) is 0.784. The zero-order valence-electron chi connectivity index (χ0n) is 14.4. The van der Waals surface area contributed by atoms with Gasteiger partial charge in [0.1, 0.15) is 17.4 Å². The van der Waals surface area contributed by atoms with E-state index in [0.29, 0.717) is 17.0 Å². The number of aromatic nitrogens is 2. The number of esters is 1. The number of hydrogen-bond donors (Lipinski definition) is 2. The molecule has 1 aromatic heterocycles. The lowest BCUT2D eigenvalue weighted by Crippen LogP contribution is -2.22. The largest absolute Gasteiger partial charge is 0.496 e. The highest BCUT2D eigenvalue weighted by Gasteiger charge is 2.37. The zero-order valence-corrected chi connectivity index (χ0v) is 14.4. The molecule has 26 heavy (non-hydrogen) atoms. The van der Waals surface area contributed by atoms with Crippen molar-refractivity contribution in [3.63, 3.8) is 0 Å². The number of H-pyrrole nitrogens is 1. The summed E-state index contributed by atoms with van der Waals surface area (Å²) in [4.78, 5) is 11.9. The molecule has 8 nitrogen and oxygen atoms in total. The van der Waals surface area contributed by atoms with Gasteiger partial charge in [0.2, 0.25) is 11.8 Å². The van der Waals surface area contributed by atoms with E-state index in [-0.39, 0.29) is 30.4 Å². The first kappa shape index (κ1) is 17.4. The van der Waals surface area contributed by atoms with Gasteiger partial charge < -0.3 is 19.9 Å². The monoisotopic (exact) mass is 354 g/mol. The second kappa shape index (κ2) is 7.19. The van der Waals surface area contributed by atoms with Gasteiger partial charge in [0, 0.05) is 5.56 Å². The van der Waals surface area contributed by atoms with E-state index in [1.54, 1.807) is 20.1 Å². The maximum atomic E-state index is 11.9.